The maximum Gasteiger partial charge on any atom is 0.258 e. The van der Waals surface area contributed by atoms with Gasteiger partial charge in [0.25, 0.3) is 5.91 Å². The minimum absolute atomic E-state index is 0.0645. The molecule has 21 heavy (non-hydrogen) atoms. The third kappa shape index (κ3) is 3.69. The zero-order valence-electron chi connectivity index (χ0n) is 12.3. The van der Waals surface area contributed by atoms with Crippen molar-refractivity contribution in [3.05, 3.63) is 23.6 Å². The Hall–Kier alpha value is -1.69. The van der Waals surface area contributed by atoms with Crippen LogP contribution < -0.4 is 5.32 Å². The molecule has 1 aliphatic rings. The fourth-order valence-corrected chi connectivity index (χ4v) is 2.70. The van der Waals surface area contributed by atoms with Gasteiger partial charge in [0, 0.05) is 13.1 Å². The van der Waals surface area contributed by atoms with Gasteiger partial charge in [0.1, 0.15) is 11.6 Å². The number of nitrogens with zero attached hydrogens (tertiary/aromatic N) is 2. The molecule has 5 nitrogen and oxygen atoms in total. The smallest absolute Gasteiger partial charge is 0.258 e. The minimum atomic E-state index is -0.532. The van der Waals surface area contributed by atoms with Crippen molar-refractivity contribution in [3.8, 4) is 0 Å². The van der Waals surface area contributed by atoms with Crippen molar-refractivity contribution in [2.24, 2.45) is 0 Å². The van der Waals surface area contributed by atoms with Crippen molar-refractivity contribution in [1.29, 1.82) is 0 Å². The van der Waals surface area contributed by atoms with E-state index < -0.39 is 5.82 Å². The van der Waals surface area contributed by atoms with Crippen molar-refractivity contribution in [3.63, 3.8) is 0 Å². The van der Waals surface area contributed by atoms with Gasteiger partial charge in [0.05, 0.1) is 24.4 Å². The summed E-state index contributed by atoms with van der Waals surface area (Å²) in [7, 11) is 0. The Bertz CT molecular complexity index is 496. The van der Waals surface area contributed by atoms with Crippen LogP contribution in [0.4, 0.5) is 10.2 Å². The van der Waals surface area contributed by atoms with E-state index in [9.17, 15) is 14.3 Å². The van der Waals surface area contributed by atoms with Gasteiger partial charge in [-0.3, -0.25) is 4.79 Å². The predicted molar refractivity (Wildman–Crippen MR) is 78.7 cm³/mol. The van der Waals surface area contributed by atoms with Crippen LogP contribution in [0.2, 0.25) is 0 Å². The number of halogens is 1. The predicted octanol–water partition coefficient (Wildman–Crippen LogP) is 2.03. The number of likely N-dealkylation sites (tertiary alicyclic amines) is 1. The van der Waals surface area contributed by atoms with E-state index in [-0.39, 0.29) is 24.1 Å². The molecule has 0 radical (unpaired) electrons. The van der Waals surface area contributed by atoms with Gasteiger partial charge in [-0.1, -0.05) is 12.8 Å². The quantitative estimate of drug-likeness (QED) is 0.892. The first-order valence-electron chi connectivity index (χ1n) is 7.48. The Morgan fingerprint density at radius 2 is 2.33 bits per heavy atom. The van der Waals surface area contributed by atoms with Crippen LogP contribution in [0.15, 0.2) is 12.3 Å². The largest absolute Gasteiger partial charge is 0.394 e. The van der Waals surface area contributed by atoms with Gasteiger partial charge in [-0.05, 0) is 25.8 Å². The molecule has 2 rings (SSSR count). The number of carbonyl (C=O) groups excluding carboxylic acids is 1. The van der Waals surface area contributed by atoms with E-state index in [1.165, 1.54) is 6.07 Å². The van der Waals surface area contributed by atoms with Gasteiger partial charge in [-0.2, -0.15) is 0 Å². The molecule has 1 aliphatic heterocycles. The number of rotatable bonds is 4. The van der Waals surface area contributed by atoms with E-state index in [1.807, 2.05) is 6.92 Å². The average Bonchev–Trinajstić information content (AvgIpc) is 2.73. The highest BCUT2D eigenvalue weighted by Crippen LogP contribution is 2.22. The maximum absolute atomic E-state index is 13.5. The summed E-state index contributed by atoms with van der Waals surface area (Å²) < 4.78 is 13.5. The first kappa shape index (κ1) is 15.7. The zero-order valence-corrected chi connectivity index (χ0v) is 12.3. The van der Waals surface area contributed by atoms with E-state index in [4.69, 9.17) is 0 Å². The lowest BCUT2D eigenvalue weighted by Gasteiger charge is -2.29. The molecule has 2 heterocycles. The van der Waals surface area contributed by atoms with Crippen molar-refractivity contribution in [2.75, 3.05) is 25.0 Å². The first-order valence-corrected chi connectivity index (χ1v) is 7.48. The van der Waals surface area contributed by atoms with Gasteiger partial charge in [0.2, 0.25) is 0 Å². The normalized spacial score (nSPS) is 19.2. The first-order chi connectivity index (χ1) is 10.2. The highest BCUT2D eigenvalue weighted by molar-refractivity contribution is 5.99. The second kappa shape index (κ2) is 7.36. The molecule has 0 aliphatic carbocycles. The number of aromatic nitrogens is 1. The Balaban J connectivity index is 2.30. The standard InChI is InChI=1S/C15H22FN3O2/c1-2-17-14-13(8-11(16)9-18-14)15(21)19-7-5-3-4-6-12(19)10-20/h8-9,12,20H,2-7,10H2,1H3,(H,17,18). The SMILES string of the molecule is CCNc1ncc(F)cc1C(=O)N1CCCCCC1CO. The minimum Gasteiger partial charge on any atom is -0.394 e. The van der Waals surface area contributed by atoms with Crippen LogP contribution in [-0.2, 0) is 0 Å². The van der Waals surface area contributed by atoms with Gasteiger partial charge >= 0.3 is 0 Å². The summed E-state index contributed by atoms with van der Waals surface area (Å²) in [6, 6.07) is 1.02. The summed E-state index contributed by atoms with van der Waals surface area (Å²) in [5.74, 6) is -0.404. The Kier molecular flexibility index (Phi) is 5.50. The molecule has 1 atom stereocenters. The number of hydrogen-bond acceptors (Lipinski definition) is 4. The van der Waals surface area contributed by atoms with Crippen LogP contribution in [0.3, 0.4) is 0 Å². The molecule has 116 valence electrons. The second-order valence-electron chi connectivity index (χ2n) is 5.26. The maximum atomic E-state index is 13.5. The molecule has 6 heteroatoms. The van der Waals surface area contributed by atoms with Gasteiger partial charge < -0.3 is 15.3 Å². The Labute approximate surface area is 124 Å². The fourth-order valence-electron chi connectivity index (χ4n) is 2.70. The lowest BCUT2D eigenvalue weighted by atomic mass is 10.1. The van der Waals surface area contributed by atoms with Crippen molar-refractivity contribution in [2.45, 2.75) is 38.6 Å². The average molecular weight is 295 g/mol. The highest BCUT2D eigenvalue weighted by Gasteiger charge is 2.27. The van der Waals surface area contributed by atoms with Crippen molar-refractivity contribution >= 4 is 11.7 Å². The summed E-state index contributed by atoms with van der Waals surface area (Å²) in [6.45, 7) is 3.02. The summed E-state index contributed by atoms with van der Waals surface area (Å²) >= 11 is 0. The van der Waals surface area contributed by atoms with Gasteiger partial charge in [-0.25, -0.2) is 9.37 Å². The van der Waals surface area contributed by atoms with E-state index in [0.29, 0.717) is 18.9 Å². The molecule has 2 N–H and O–H groups in total. The fraction of sp³-hybridized carbons (Fsp3) is 0.600. The molecule has 1 aromatic rings. The molecule has 0 bridgehead atoms. The van der Waals surface area contributed by atoms with Crippen LogP contribution in [-0.4, -0.2) is 46.6 Å². The number of aliphatic hydroxyl groups excluding tert-OH is 1. The molecule has 1 fully saturated rings. The Morgan fingerprint density at radius 1 is 1.52 bits per heavy atom. The number of nitrogens with one attached hydrogen (secondary N) is 1. The molecular formula is C15H22FN3O2. The van der Waals surface area contributed by atoms with Gasteiger partial charge in [-0.15, -0.1) is 0 Å². The number of aliphatic hydroxyl groups is 1. The molecule has 1 saturated heterocycles. The number of anilines is 1. The molecule has 1 amide bonds. The number of pyridine rings is 1. The molecule has 1 unspecified atom stereocenters. The van der Waals surface area contributed by atoms with Crippen molar-refractivity contribution in [1.82, 2.24) is 9.88 Å². The highest BCUT2D eigenvalue weighted by atomic mass is 19.1. The lowest BCUT2D eigenvalue weighted by molar-refractivity contribution is 0.0600. The van der Waals surface area contributed by atoms with Crippen LogP contribution in [0.5, 0.6) is 0 Å². The number of carbonyl (C=O) groups is 1. The zero-order chi connectivity index (χ0) is 15.2. The van der Waals surface area contributed by atoms with E-state index in [0.717, 1.165) is 31.9 Å². The molecular weight excluding hydrogens is 273 g/mol. The number of hydrogen-bond donors (Lipinski definition) is 2. The Morgan fingerprint density at radius 3 is 3.05 bits per heavy atom. The van der Waals surface area contributed by atoms with E-state index >= 15 is 0 Å². The summed E-state index contributed by atoms with van der Waals surface area (Å²) in [6.07, 6.45) is 4.82. The molecule has 0 saturated carbocycles. The van der Waals surface area contributed by atoms with E-state index in [1.54, 1.807) is 4.90 Å². The summed E-state index contributed by atoms with van der Waals surface area (Å²) in [4.78, 5) is 18.4. The van der Waals surface area contributed by atoms with Crippen LogP contribution in [0, 0.1) is 5.82 Å². The lowest BCUT2D eigenvalue weighted by Crippen LogP contribution is -2.42. The topological polar surface area (TPSA) is 65.5 Å². The van der Waals surface area contributed by atoms with Gasteiger partial charge in [0.15, 0.2) is 0 Å². The molecule has 1 aromatic heterocycles. The third-order valence-corrected chi connectivity index (χ3v) is 3.78. The third-order valence-electron chi connectivity index (χ3n) is 3.78. The monoisotopic (exact) mass is 295 g/mol. The molecule has 0 aromatic carbocycles. The van der Waals surface area contributed by atoms with Crippen LogP contribution >= 0.6 is 0 Å². The summed E-state index contributed by atoms with van der Waals surface area (Å²) in [5, 5.41) is 12.5. The molecule has 0 spiro atoms. The van der Waals surface area contributed by atoms with E-state index in [2.05, 4.69) is 10.3 Å². The van der Waals surface area contributed by atoms with Crippen molar-refractivity contribution < 1.29 is 14.3 Å². The van der Waals surface area contributed by atoms with Crippen LogP contribution in [0.25, 0.3) is 0 Å². The second-order valence-corrected chi connectivity index (χ2v) is 5.26. The summed E-state index contributed by atoms with van der Waals surface area (Å²) in [5.41, 5.74) is 0.234. The van der Waals surface area contributed by atoms with Crippen LogP contribution in [0.1, 0.15) is 43.0 Å². The number of amides is 1.